The first-order valence-electron chi connectivity index (χ1n) is 7.22. The number of esters is 1. The molecule has 2 nitrogen and oxygen atoms in total. The minimum atomic E-state index is -0.153. The number of halogens is 1. The lowest BCUT2D eigenvalue weighted by atomic mass is 9.83. The molecule has 0 heterocycles. The van der Waals surface area contributed by atoms with Crippen LogP contribution in [0.25, 0.3) is 5.57 Å². The molecule has 0 bridgehead atoms. The van der Waals surface area contributed by atoms with Gasteiger partial charge in [0, 0.05) is 12.0 Å². The van der Waals surface area contributed by atoms with Crippen molar-refractivity contribution >= 4 is 11.5 Å². The van der Waals surface area contributed by atoms with Gasteiger partial charge in [-0.15, -0.1) is 0 Å². The van der Waals surface area contributed by atoms with Gasteiger partial charge in [-0.1, -0.05) is 18.2 Å². The number of ether oxygens (including phenoxy) is 1. The highest BCUT2D eigenvalue weighted by atomic mass is 19.1. The van der Waals surface area contributed by atoms with E-state index < -0.39 is 0 Å². The van der Waals surface area contributed by atoms with Crippen molar-refractivity contribution in [3.8, 4) is 0 Å². The number of aryl methyl sites for hydroxylation is 1. The number of carbonyl (C=O) groups excluding carboxylic acids is 1. The van der Waals surface area contributed by atoms with Gasteiger partial charge in [0.25, 0.3) is 0 Å². The predicted molar refractivity (Wildman–Crippen MR) is 77.7 cm³/mol. The van der Waals surface area contributed by atoms with Crippen LogP contribution in [0.1, 0.15) is 43.7 Å². The van der Waals surface area contributed by atoms with Gasteiger partial charge < -0.3 is 4.74 Å². The maximum Gasteiger partial charge on any atom is 0.306 e. The van der Waals surface area contributed by atoms with Crippen molar-refractivity contribution in [2.24, 2.45) is 5.92 Å². The average molecular weight is 276 g/mol. The van der Waals surface area contributed by atoms with E-state index in [-0.39, 0.29) is 11.8 Å². The molecule has 0 amide bonds. The number of allylic oxidation sites excluding steroid dienone is 2. The van der Waals surface area contributed by atoms with Crippen molar-refractivity contribution in [2.45, 2.75) is 39.5 Å². The van der Waals surface area contributed by atoms with Crippen LogP contribution in [0.15, 0.2) is 24.3 Å². The first kappa shape index (κ1) is 14.8. The highest BCUT2D eigenvalue weighted by Crippen LogP contribution is 2.34. The van der Waals surface area contributed by atoms with Crippen molar-refractivity contribution in [3.05, 3.63) is 41.2 Å². The fourth-order valence-corrected chi connectivity index (χ4v) is 2.80. The van der Waals surface area contributed by atoms with E-state index in [4.69, 9.17) is 4.74 Å². The molecule has 1 aliphatic rings. The second-order valence-corrected chi connectivity index (χ2v) is 5.31. The van der Waals surface area contributed by atoms with Crippen LogP contribution in [0.5, 0.6) is 0 Å². The topological polar surface area (TPSA) is 26.3 Å². The van der Waals surface area contributed by atoms with Gasteiger partial charge in [-0.3, -0.25) is 4.79 Å². The van der Waals surface area contributed by atoms with Gasteiger partial charge in [-0.25, -0.2) is 4.39 Å². The summed E-state index contributed by atoms with van der Waals surface area (Å²) in [5, 5.41) is 0. The molecular weight excluding hydrogens is 255 g/mol. The van der Waals surface area contributed by atoms with Crippen molar-refractivity contribution < 1.29 is 13.9 Å². The second-order valence-electron chi connectivity index (χ2n) is 5.31. The van der Waals surface area contributed by atoms with Gasteiger partial charge in [0.15, 0.2) is 0 Å². The lowest BCUT2D eigenvalue weighted by Crippen LogP contribution is -2.14. The molecule has 0 fully saturated rings. The fourth-order valence-electron chi connectivity index (χ4n) is 2.80. The number of carbonyl (C=O) groups is 1. The molecular formula is C17H21FO2. The van der Waals surface area contributed by atoms with Crippen molar-refractivity contribution in [1.82, 2.24) is 0 Å². The van der Waals surface area contributed by atoms with Crippen LogP contribution in [0, 0.1) is 18.7 Å². The smallest absolute Gasteiger partial charge is 0.306 e. The van der Waals surface area contributed by atoms with Gasteiger partial charge in [0.2, 0.25) is 0 Å². The Balaban J connectivity index is 2.04. The highest BCUT2D eigenvalue weighted by Gasteiger charge is 2.21. The van der Waals surface area contributed by atoms with Crippen molar-refractivity contribution in [3.63, 3.8) is 0 Å². The van der Waals surface area contributed by atoms with Crippen LogP contribution in [0.2, 0.25) is 0 Å². The second kappa shape index (κ2) is 6.69. The normalized spacial score (nSPS) is 18.6. The van der Waals surface area contributed by atoms with E-state index in [2.05, 4.69) is 6.08 Å². The number of benzene rings is 1. The van der Waals surface area contributed by atoms with Crippen LogP contribution in [0.3, 0.4) is 0 Å². The third-order valence-corrected chi connectivity index (χ3v) is 3.82. The van der Waals surface area contributed by atoms with Crippen LogP contribution in [-0.4, -0.2) is 12.6 Å². The molecule has 1 unspecified atom stereocenters. The summed E-state index contributed by atoms with van der Waals surface area (Å²) in [6, 6.07) is 5.18. The van der Waals surface area contributed by atoms with E-state index in [0.29, 0.717) is 18.9 Å². The minimum absolute atomic E-state index is 0.128. The molecule has 0 N–H and O–H groups in total. The van der Waals surface area contributed by atoms with E-state index in [9.17, 15) is 9.18 Å². The highest BCUT2D eigenvalue weighted by molar-refractivity contribution is 5.71. The zero-order chi connectivity index (χ0) is 14.5. The summed E-state index contributed by atoms with van der Waals surface area (Å²) >= 11 is 0. The van der Waals surface area contributed by atoms with Crippen molar-refractivity contribution in [1.29, 1.82) is 0 Å². The van der Waals surface area contributed by atoms with Gasteiger partial charge in [0.1, 0.15) is 5.82 Å². The minimum Gasteiger partial charge on any atom is -0.466 e. The lowest BCUT2D eigenvalue weighted by Gasteiger charge is -2.22. The summed E-state index contributed by atoms with van der Waals surface area (Å²) in [5.41, 5.74) is 2.78. The Labute approximate surface area is 119 Å². The van der Waals surface area contributed by atoms with E-state index in [1.54, 1.807) is 6.07 Å². The lowest BCUT2D eigenvalue weighted by molar-refractivity contribution is -0.144. The standard InChI is InChI=1S/C17H21FO2/c1-3-20-16(19)11-13-7-9-14(10-8-13)17-12(2)5-4-6-15(17)18/h4-6,9,13H,3,7-8,10-11H2,1-2H3. The molecule has 1 aromatic carbocycles. The summed E-state index contributed by atoms with van der Waals surface area (Å²) < 4.78 is 18.9. The molecule has 0 saturated heterocycles. The molecule has 20 heavy (non-hydrogen) atoms. The van der Waals surface area contributed by atoms with Crippen LogP contribution in [-0.2, 0) is 9.53 Å². The van der Waals surface area contributed by atoms with Crippen LogP contribution >= 0.6 is 0 Å². The molecule has 3 heteroatoms. The van der Waals surface area contributed by atoms with Gasteiger partial charge in [-0.2, -0.15) is 0 Å². The molecule has 0 aromatic heterocycles. The Morgan fingerprint density at radius 3 is 2.85 bits per heavy atom. The van der Waals surface area contributed by atoms with E-state index in [1.807, 2.05) is 19.9 Å². The van der Waals surface area contributed by atoms with Crippen LogP contribution in [0.4, 0.5) is 4.39 Å². The van der Waals surface area contributed by atoms with Gasteiger partial charge in [0.05, 0.1) is 6.61 Å². The summed E-state index contributed by atoms with van der Waals surface area (Å²) in [4.78, 5) is 11.5. The van der Waals surface area contributed by atoms with E-state index >= 15 is 0 Å². The van der Waals surface area contributed by atoms with E-state index in [0.717, 1.165) is 36.0 Å². The number of rotatable bonds is 4. The first-order valence-corrected chi connectivity index (χ1v) is 7.22. The van der Waals surface area contributed by atoms with E-state index in [1.165, 1.54) is 6.07 Å². The monoisotopic (exact) mass is 276 g/mol. The molecule has 2 rings (SSSR count). The molecule has 0 aliphatic heterocycles. The Morgan fingerprint density at radius 1 is 1.45 bits per heavy atom. The maximum absolute atomic E-state index is 13.9. The molecule has 108 valence electrons. The zero-order valence-electron chi connectivity index (χ0n) is 12.1. The number of hydrogen-bond acceptors (Lipinski definition) is 2. The van der Waals surface area contributed by atoms with Gasteiger partial charge >= 0.3 is 5.97 Å². The Bertz CT molecular complexity index is 499. The average Bonchev–Trinajstić information content (AvgIpc) is 2.40. The maximum atomic E-state index is 13.9. The van der Waals surface area contributed by atoms with Crippen molar-refractivity contribution in [2.75, 3.05) is 6.61 Å². The summed E-state index contributed by atoms with van der Waals surface area (Å²) in [7, 11) is 0. The fraction of sp³-hybridized carbons (Fsp3) is 0.471. The number of hydrogen-bond donors (Lipinski definition) is 0. The van der Waals surface area contributed by atoms with Crippen LogP contribution < -0.4 is 0 Å². The Morgan fingerprint density at radius 2 is 2.25 bits per heavy atom. The van der Waals surface area contributed by atoms with Gasteiger partial charge in [-0.05, 0) is 56.2 Å². The first-order chi connectivity index (χ1) is 9.61. The largest absolute Gasteiger partial charge is 0.466 e. The molecule has 1 atom stereocenters. The predicted octanol–water partition coefficient (Wildman–Crippen LogP) is 4.27. The Kier molecular flexibility index (Phi) is 4.94. The third kappa shape index (κ3) is 3.47. The molecule has 0 saturated carbocycles. The molecule has 1 aliphatic carbocycles. The summed E-state index contributed by atoms with van der Waals surface area (Å²) in [6.45, 7) is 4.18. The molecule has 0 spiro atoms. The molecule has 0 radical (unpaired) electrons. The summed E-state index contributed by atoms with van der Waals surface area (Å²) in [5.74, 6) is 0.0430. The zero-order valence-corrected chi connectivity index (χ0v) is 12.1. The SMILES string of the molecule is CCOC(=O)CC1CC=C(c2c(C)cccc2F)CC1. The molecule has 1 aromatic rings. The quantitative estimate of drug-likeness (QED) is 0.768. The third-order valence-electron chi connectivity index (χ3n) is 3.82. The Hall–Kier alpha value is -1.64. The summed E-state index contributed by atoms with van der Waals surface area (Å²) in [6.07, 6.45) is 5.11.